The van der Waals surface area contributed by atoms with E-state index in [1.54, 1.807) is 22.0 Å². The van der Waals surface area contributed by atoms with Crippen LogP contribution in [0.3, 0.4) is 0 Å². The Hall–Kier alpha value is -1.60. The normalized spacial score (nSPS) is 20.4. The van der Waals surface area contributed by atoms with Crippen LogP contribution in [-0.4, -0.2) is 38.7 Å². The summed E-state index contributed by atoms with van der Waals surface area (Å²) in [5.74, 6) is 0.796. The van der Waals surface area contributed by atoms with Crippen LogP contribution in [0.1, 0.15) is 43.6 Å². The average Bonchev–Trinajstić information content (AvgIpc) is 3.31. The summed E-state index contributed by atoms with van der Waals surface area (Å²) in [5.41, 5.74) is 1.21. The first kappa shape index (κ1) is 19.7. The number of fused-ring (bicyclic) bond motifs is 3. The molecule has 4 rings (SSSR count). The Kier molecular flexibility index (Phi) is 5.65. The molecule has 3 heterocycles. The molecule has 5 nitrogen and oxygen atoms in total. The van der Waals surface area contributed by atoms with E-state index < -0.39 is 0 Å². The van der Waals surface area contributed by atoms with E-state index in [0.717, 1.165) is 55.4 Å². The quantitative estimate of drug-likeness (QED) is 0.421. The van der Waals surface area contributed by atoms with Gasteiger partial charge >= 0.3 is 0 Å². The second kappa shape index (κ2) is 8.03. The predicted octanol–water partition coefficient (Wildman–Crippen LogP) is 3.87. The lowest BCUT2D eigenvalue weighted by molar-refractivity contribution is -0.129. The van der Waals surface area contributed by atoms with Crippen LogP contribution in [0.2, 0.25) is 0 Å². The summed E-state index contributed by atoms with van der Waals surface area (Å²) in [7, 11) is 0. The molecule has 1 aliphatic heterocycles. The summed E-state index contributed by atoms with van der Waals surface area (Å²) in [5, 5.41) is 1.16. The van der Waals surface area contributed by atoms with Gasteiger partial charge in [0.05, 0.1) is 10.6 Å². The number of amides is 1. The fourth-order valence-corrected chi connectivity index (χ4v) is 6.61. The van der Waals surface area contributed by atoms with Crippen LogP contribution in [0, 0.1) is 5.92 Å². The molecule has 2 aliphatic rings. The van der Waals surface area contributed by atoms with Gasteiger partial charge in [0.25, 0.3) is 5.56 Å². The SMILES string of the molecule is C=CCn1c(S[C@@H](C)C(=O)N2CCCC2)nc2sc3c(c2c1=O)CC[C@H](C)C3. The molecular formula is C21H27N3O2S2. The number of aryl methyl sites for hydroxylation is 1. The molecule has 1 fully saturated rings. The summed E-state index contributed by atoms with van der Waals surface area (Å²) in [4.78, 5) is 35.0. The van der Waals surface area contributed by atoms with Crippen LogP contribution >= 0.6 is 23.1 Å². The fourth-order valence-electron chi connectivity index (χ4n) is 4.19. The van der Waals surface area contributed by atoms with Crippen molar-refractivity contribution >= 4 is 39.2 Å². The highest BCUT2D eigenvalue weighted by atomic mass is 32.2. The Bertz CT molecular complexity index is 972. The smallest absolute Gasteiger partial charge is 0.263 e. The molecule has 2 aromatic heterocycles. The zero-order chi connectivity index (χ0) is 19.8. The molecule has 7 heteroatoms. The third kappa shape index (κ3) is 3.54. The number of thiophene rings is 1. The molecule has 2 aromatic rings. The lowest BCUT2D eigenvalue weighted by atomic mass is 9.89. The van der Waals surface area contributed by atoms with Crippen molar-refractivity contribution in [2.75, 3.05) is 13.1 Å². The number of allylic oxidation sites excluding steroid dienone is 1. The largest absolute Gasteiger partial charge is 0.342 e. The van der Waals surface area contributed by atoms with Gasteiger partial charge in [-0.15, -0.1) is 17.9 Å². The Balaban J connectivity index is 1.73. The Morgan fingerprint density at radius 2 is 2.18 bits per heavy atom. The highest BCUT2D eigenvalue weighted by Crippen LogP contribution is 2.37. The minimum atomic E-state index is -0.256. The third-order valence-electron chi connectivity index (χ3n) is 5.74. The number of nitrogens with zero attached hydrogens (tertiary/aromatic N) is 3. The van der Waals surface area contributed by atoms with Gasteiger partial charge in [0.1, 0.15) is 4.83 Å². The zero-order valence-electron chi connectivity index (χ0n) is 16.6. The summed E-state index contributed by atoms with van der Waals surface area (Å²) in [6, 6.07) is 0. The first-order chi connectivity index (χ1) is 13.5. The van der Waals surface area contributed by atoms with Crippen LogP contribution in [0.4, 0.5) is 0 Å². The monoisotopic (exact) mass is 417 g/mol. The van der Waals surface area contributed by atoms with Crippen molar-refractivity contribution in [3.63, 3.8) is 0 Å². The number of hydrogen-bond donors (Lipinski definition) is 0. The minimum Gasteiger partial charge on any atom is -0.342 e. The molecule has 0 unspecified atom stereocenters. The standard InChI is InChI=1S/C21H27N3O2S2/c1-4-9-24-20(26)17-15-8-7-13(2)12-16(15)28-18(17)22-21(24)27-14(3)19(25)23-10-5-6-11-23/h4,13-14H,1,5-12H2,2-3H3/t13-,14-/m0/s1. The van der Waals surface area contributed by atoms with Crippen molar-refractivity contribution in [3.05, 3.63) is 33.4 Å². The second-order valence-corrected chi connectivity index (χ2v) is 10.3. The van der Waals surface area contributed by atoms with Gasteiger partial charge in [0, 0.05) is 24.5 Å². The highest BCUT2D eigenvalue weighted by Gasteiger charge is 2.28. The van der Waals surface area contributed by atoms with Gasteiger partial charge < -0.3 is 4.90 Å². The van der Waals surface area contributed by atoms with Gasteiger partial charge in [0.15, 0.2) is 5.16 Å². The lowest BCUT2D eigenvalue weighted by Gasteiger charge is -2.20. The number of carbonyl (C=O) groups excluding carboxylic acids is 1. The maximum atomic E-state index is 13.3. The fraction of sp³-hybridized carbons (Fsp3) is 0.571. The summed E-state index contributed by atoms with van der Waals surface area (Å²) >= 11 is 3.06. The molecule has 150 valence electrons. The number of hydrogen-bond acceptors (Lipinski definition) is 5. The number of aromatic nitrogens is 2. The van der Waals surface area contributed by atoms with Crippen molar-refractivity contribution in [2.24, 2.45) is 5.92 Å². The summed E-state index contributed by atoms with van der Waals surface area (Å²) in [6.07, 6.45) is 6.99. The Labute approximate surface area is 173 Å². The molecule has 0 saturated carbocycles. The number of rotatable bonds is 5. The van der Waals surface area contributed by atoms with Gasteiger partial charge in [-0.25, -0.2) is 4.98 Å². The van der Waals surface area contributed by atoms with E-state index in [9.17, 15) is 9.59 Å². The number of likely N-dealkylation sites (tertiary alicyclic amines) is 1. The molecule has 0 N–H and O–H groups in total. The molecule has 0 radical (unpaired) electrons. The average molecular weight is 418 g/mol. The zero-order valence-corrected chi connectivity index (χ0v) is 18.2. The molecule has 0 aromatic carbocycles. The molecule has 0 spiro atoms. The van der Waals surface area contributed by atoms with Crippen molar-refractivity contribution in [3.8, 4) is 0 Å². The van der Waals surface area contributed by atoms with Gasteiger partial charge in [0.2, 0.25) is 5.91 Å². The molecule has 0 bridgehead atoms. The first-order valence-electron chi connectivity index (χ1n) is 10.1. The predicted molar refractivity (Wildman–Crippen MR) is 116 cm³/mol. The molecule has 1 amide bonds. The van der Waals surface area contributed by atoms with Crippen LogP contribution in [0.25, 0.3) is 10.2 Å². The Morgan fingerprint density at radius 3 is 2.89 bits per heavy atom. The number of thioether (sulfide) groups is 1. The van der Waals surface area contributed by atoms with Crippen molar-refractivity contribution in [1.82, 2.24) is 14.5 Å². The van der Waals surface area contributed by atoms with E-state index in [1.165, 1.54) is 22.2 Å². The van der Waals surface area contributed by atoms with E-state index in [1.807, 2.05) is 11.8 Å². The number of carbonyl (C=O) groups is 1. The minimum absolute atomic E-state index is 0.0141. The van der Waals surface area contributed by atoms with E-state index in [4.69, 9.17) is 4.98 Å². The lowest BCUT2D eigenvalue weighted by Crippen LogP contribution is -2.34. The van der Waals surface area contributed by atoms with Crippen LogP contribution < -0.4 is 5.56 Å². The van der Waals surface area contributed by atoms with Crippen molar-refractivity contribution in [1.29, 1.82) is 0 Å². The summed E-state index contributed by atoms with van der Waals surface area (Å²) in [6.45, 7) is 10.1. The van der Waals surface area contributed by atoms with E-state index >= 15 is 0 Å². The first-order valence-corrected chi connectivity index (χ1v) is 11.8. The van der Waals surface area contributed by atoms with Gasteiger partial charge in [-0.05, 0) is 50.5 Å². The maximum absolute atomic E-state index is 13.3. The highest BCUT2D eigenvalue weighted by molar-refractivity contribution is 8.00. The summed E-state index contributed by atoms with van der Waals surface area (Å²) < 4.78 is 1.69. The van der Waals surface area contributed by atoms with Crippen molar-refractivity contribution < 1.29 is 4.79 Å². The van der Waals surface area contributed by atoms with Crippen molar-refractivity contribution in [2.45, 2.75) is 62.9 Å². The molecule has 1 saturated heterocycles. The van der Waals surface area contributed by atoms with Gasteiger partial charge in [-0.3, -0.25) is 14.2 Å². The maximum Gasteiger partial charge on any atom is 0.263 e. The third-order valence-corrected chi connectivity index (χ3v) is 7.97. The van der Waals surface area contributed by atoms with Crippen LogP contribution in [-0.2, 0) is 24.2 Å². The molecule has 1 aliphatic carbocycles. The second-order valence-electron chi connectivity index (χ2n) is 7.92. The molecule has 28 heavy (non-hydrogen) atoms. The van der Waals surface area contributed by atoms with Gasteiger partial charge in [-0.2, -0.15) is 0 Å². The Morgan fingerprint density at radius 1 is 1.43 bits per heavy atom. The van der Waals surface area contributed by atoms with E-state index in [-0.39, 0.29) is 16.7 Å². The van der Waals surface area contributed by atoms with Crippen LogP contribution in [0.5, 0.6) is 0 Å². The molecule has 2 atom stereocenters. The van der Waals surface area contributed by atoms with Crippen LogP contribution in [0.15, 0.2) is 22.6 Å². The van der Waals surface area contributed by atoms with E-state index in [0.29, 0.717) is 17.6 Å². The topological polar surface area (TPSA) is 55.2 Å². The van der Waals surface area contributed by atoms with Gasteiger partial charge in [-0.1, -0.05) is 24.8 Å². The van der Waals surface area contributed by atoms with E-state index in [2.05, 4.69) is 13.5 Å². The molecular weight excluding hydrogens is 390 g/mol.